The maximum absolute atomic E-state index is 5.83. The zero-order valence-corrected chi connectivity index (χ0v) is 7.47. The van der Waals surface area contributed by atoms with Crippen LogP contribution in [0.5, 0.6) is 0 Å². The largest absolute Gasteiger partial charge is 0.326 e. The zero-order valence-electron chi connectivity index (χ0n) is 6.71. The highest BCUT2D eigenvalue weighted by atomic mass is 35.5. The average molecular weight is 174 g/mol. The number of hydrogen-bond donors (Lipinski definition) is 1. The molecule has 4 heteroatoms. The number of hydrogen-bond acceptors (Lipinski definition) is 2. The van der Waals surface area contributed by atoms with E-state index in [1.165, 1.54) is 0 Å². The van der Waals surface area contributed by atoms with Crippen LogP contribution in [0, 0.1) is 6.92 Å². The molecule has 1 aromatic rings. The lowest BCUT2D eigenvalue weighted by Gasteiger charge is -2.08. The molecule has 2 N–H and O–H groups in total. The molecule has 0 bridgehead atoms. The number of rotatable bonds is 2. The van der Waals surface area contributed by atoms with Gasteiger partial charge in [-0.1, -0.05) is 11.6 Å². The fourth-order valence-corrected chi connectivity index (χ4v) is 1.19. The summed E-state index contributed by atoms with van der Waals surface area (Å²) in [7, 11) is 0. The van der Waals surface area contributed by atoms with Crippen molar-refractivity contribution < 1.29 is 0 Å². The molecule has 0 aliphatic carbocycles. The molecule has 0 saturated heterocycles. The summed E-state index contributed by atoms with van der Waals surface area (Å²) in [5, 5.41) is 0.653. The minimum absolute atomic E-state index is 0.111. The van der Waals surface area contributed by atoms with Gasteiger partial charge < -0.3 is 10.3 Å². The van der Waals surface area contributed by atoms with E-state index in [0.717, 1.165) is 12.4 Å². The van der Waals surface area contributed by atoms with E-state index in [1.807, 2.05) is 18.4 Å². The monoisotopic (exact) mass is 173 g/mol. The SMILES string of the molecule is Cc1ncc(Cl)n1CC(C)N. The van der Waals surface area contributed by atoms with Gasteiger partial charge in [0.2, 0.25) is 0 Å². The van der Waals surface area contributed by atoms with Gasteiger partial charge in [-0.2, -0.15) is 0 Å². The molecule has 1 unspecified atom stereocenters. The molecule has 1 aromatic heterocycles. The molecule has 0 aromatic carbocycles. The van der Waals surface area contributed by atoms with E-state index in [-0.39, 0.29) is 6.04 Å². The molecular formula is C7H12ClN3. The van der Waals surface area contributed by atoms with Gasteiger partial charge in [-0.3, -0.25) is 0 Å². The fraction of sp³-hybridized carbons (Fsp3) is 0.571. The van der Waals surface area contributed by atoms with Gasteiger partial charge in [0.25, 0.3) is 0 Å². The number of nitrogens with two attached hydrogens (primary N) is 1. The highest BCUT2D eigenvalue weighted by molar-refractivity contribution is 6.29. The van der Waals surface area contributed by atoms with E-state index in [4.69, 9.17) is 17.3 Å². The Morgan fingerprint density at radius 2 is 2.45 bits per heavy atom. The van der Waals surface area contributed by atoms with Gasteiger partial charge in [0.05, 0.1) is 6.20 Å². The molecule has 1 rings (SSSR count). The Balaban J connectivity index is 2.83. The Morgan fingerprint density at radius 3 is 2.82 bits per heavy atom. The Kier molecular flexibility index (Phi) is 2.52. The first-order valence-electron chi connectivity index (χ1n) is 3.54. The highest BCUT2D eigenvalue weighted by Crippen LogP contribution is 2.10. The molecular weight excluding hydrogens is 162 g/mol. The van der Waals surface area contributed by atoms with Gasteiger partial charge in [0.1, 0.15) is 11.0 Å². The summed E-state index contributed by atoms with van der Waals surface area (Å²) in [5.74, 6) is 0.910. The third kappa shape index (κ3) is 1.94. The second-order valence-corrected chi connectivity index (χ2v) is 3.10. The number of aromatic nitrogens is 2. The molecule has 0 radical (unpaired) electrons. The normalized spacial score (nSPS) is 13.5. The van der Waals surface area contributed by atoms with Crippen molar-refractivity contribution in [3.05, 3.63) is 17.2 Å². The third-order valence-corrected chi connectivity index (χ3v) is 1.78. The molecule has 0 fully saturated rings. The van der Waals surface area contributed by atoms with Crippen molar-refractivity contribution in [1.82, 2.24) is 9.55 Å². The smallest absolute Gasteiger partial charge is 0.128 e. The van der Waals surface area contributed by atoms with Crippen LogP contribution in [0.25, 0.3) is 0 Å². The van der Waals surface area contributed by atoms with Crippen LogP contribution >= 0.6 is 11.6 Å². The van der Waals surface area contributed by atoms with Gasteiger partial charge in [0.15, 0.2) is 0 Å². The quantitative estimate of drug-likeness (QED) is 0.730. The first kappa shape index (κ1) is 8.56. The predicted octanol–water partition coefficient (Wildman–Crippen LogP) is 1.19. The van der Waals surface area contributed by atoms with Crippen LogP contribution in [0.2, 0.25) is 5.15 Å². The average Bonchev–Trinajstić information content (AvgIpc) is 2.18. The van der Waals surface area contributed by atoms with Gasteiger partial charge in [-0.25, -0.2) is 4.98 Å². The Morgan fingerprint density at radius 1 is 1.82 bits per heavy atom. The molecule has 0 aliphatic rings. The first-order chi connectivity index (χ1) is 5.11. The van der Waals surface area contributed by atoms with Crippen molar-refractivity contribution in [3.63, 3.8) is 0 Å². The van der Waals surface area contributed by atoms with E-state index >= 15 is 0 Å². The van der Waals surface area contributed by atoms with Crippen LogP contribution in [0.15, 0.2) is 6.20 Å². The maximum Gasteiger partial charge on any atom is 0.128 e. The summed E-state index contributed by atoms with van der Waals surface area (Å²) in [6, 6.07) is 0.111. The van der Waals surface area contributed by atoms with E-state index in [1.54, 1.807) is 6.20 Å². The maximum atomic E-state index is 5.83. The topological polar surface area (TPSA) is 43.8 Å². The molecule has 0 aliphatic heterocycles. The Bertz CT molecular complexity index is 222. The standard InChI is InChI=1S/C7H12ClN3/c1-5(9)4-11-6(2)10-3-7(11)8/h3,5H,4,9H2,1-2H3. The van der Waals surface area contributed by atoms with E-state index in [0.29, 0.717) is 5.15 Å². The number of aryl methyl sites for hydroxylation is 1. The Hall–Kier alpha value is -0.540. The van der Waals surface area contributed by atoms with E-state index in [9.17, 15) is 0 Å². The molecule has 0 amide bonds. The van der Waals surface area contributed by atoms with Crippen molar-refractivity contribution in [2.45, 2.75) is 26.4 Å². The predicted molar refractivity (Wildman–Crippen MR) is 45.6 cm³/mol. The molecule has 11 heavy (non-hydrogen) atoms. The van der Waals surface area contributed by atoms with Crippen LogP contribution in [0.1, 0.15) is 12.7 Å². The van der Waals surface area contributed by atoms with Gasteiger partial charge in [0, 0.05) is 12.6 Å². The summed E-state index contributed by atoms with van der Waals surface area (Å²) in [4.78, 5) is 4.04. The summed E-state index contributed by atoms with van der Waals surface area (Å²) < 4.78 is 1.90. The lowest BCUT2D eigenvalue weighted by molar-refractivity contribution is 0.577. The summed E-state index contributed by atoms with van der Waals surface area (Å²) in [6.45, 7) is 4.58. The summed E-state index contributed by atoms with van der Waals surface area (Å²) >= 11 is 5.83. The number of halogens is 1. The van der Waals surface area contributed by atoms with E-state index in [2.05, 4.69) is 4.98 Å². The lowest BCUT2D eigenvalue weighted by atomic mass is 10.3. The molecule has 62 valence electrons. The second-order valence-electron chi connectivity index (χ2n) is 2.72. The summed E-state index contributed by atoms with van der Waals surface area (Å²) in [5.41, 5.74) is 5.61. The first-order valence-corrected chi connectivity index (χ1v) is 3.92. The van der Waals surface area contributed by atoms with Crippen molar-refractivity contribution in [2.75, 3.05) is 0 Å². The van der Waals surface area contributed by atoms with Crippen LogP contribution in [0.3, 0.4) is 0 Å². The van der Waals surface area contributed by atoms with Crippen LogP contribution in [0.4, 0.5) is 0 Å². The molecule has 0 saturated carbocycles. The third-order valence-electron chi connectivity index (χ3n) is 1.48. The van der Waals surface area contributed by atoms with Crippen LogP contribution in [-0.4, -0.2) is 15.6 Å². The van der Waals surface area contributed by atoms with Crippen molar-refractivity contribution >= 4 is 11.6 Å². The van der Waals surface area contributed by atoms with Crippen LogP contribution < -0.4 is 5.73 Å². The summed E-state index contributed by atoms with van der Waals surface area (Å²) in [6.07, 6.45) is 1.64. The minimum Gasteiger partial charge on any atom is -0.326 e. The van der Waals surface area contributed by atoms with Gasteiger partial charge in [-0.05, 0) is 13.8 Å². The van der Waals surface area contributed by atoms with E-state index < -0.39 is 0 Å². The zero-order chi connectivity index (χ0) is 8.43. The molecule has 1 heterocycles. The van der Waals surface area contributed by atoms with Gasteiger partial charge in [-0.15, -0.1) is 0 Å². The lowest BCUT2D eigenvalue weighted by Crippen LogP contribution is -2.22. The highest BCUT2D eigenvalue weighted by Gasteiger charge is 2.04. The van der Waals surface area contributed by atoms with Crippen molar-refractivity contribution in [3.8, 4) is 0 Å². The van der Waals surface area contributed by atoms with Gasteiger partial charge >= 0.3 is 0 Å². The molecule has 1 atom stereocenters. The molecule has 3 nitrogen and oxygen atoms in total. The van der Waals surface area contributed by atoms with Crippen LogP contribution in [-0.2, 0) is 6.54 Å². The molecule has 0 spiro atoms. The Labute approximate surface area is 71.2 Å². The number of nitrogens with zero attached hydrogens (tertiary/aromatic N) is 2. The van der Waals surface area contributed by atoms with Crippen molar-refractivity contribution in [2.24, 2.45) is 5.73 Å². The second kappa shape index (κ2) is 3.24. The minimum atomic E-state index is 0.111. The fourth-order valence-electron chi connectivity index (χ4n) is 0.948. The van der Waals surface area contributed by atoms with Crippen molar-refractivity contribution in [1.29, 1.82) is 0 Å². The number of imidazole rings is 1.